The number of hydrogen-bond acceptors (Lipinski definition) is 0. The van der Waals surface area contributed by atoms with E-state index in [0.29, 0.717) is 0 Å². The fourth-order valence-electron chi connectivity index (χ4n) is 11.1. The lowest BCUT2D eigenvalue weighted by Gasteiger charge is -2.28. The molecule has 0 heterocycles. The molecule has 0 unspecified atom stereocenters. The van der Waals surface area contributed by atoms with Gasteiger partial charge in [0.05, 0.1) is 0 Å². The smallest absolute Gasteiger partial charge is 0.00260 e. The number of benzene rings is 12. The molecule has 0 N–H and O–H groups in total. The van der Waals surface area contributed by atoms with Crippen molar-refractivity contribution in [3.63, 3.8) is 0 Å². The zero-order valence-electron chi connectivity index (χ0n) is 43.3. The van der Waals surface area contributed by atoms with Crippen LogP contribution in [0, 0.1) is 0 Å². The molecule has 70 heavy (non-hydrogen) atoms. The van der Waals surface area contributed by atoms with E-state index in [1.807, 2.05) is 0 Å². The highest BCUT2D eigenvalue weighted by molar-refractivity contribution is 6.33. The molecule has 0 amide bonds. The molecule has 12 aromatic rings. The summed E-state index contributed by atoms with van der Waals surface area (Å²) in [6, 6.07) is 68.4. The Labute approximate surface area is 415 Å². The second-order valence-electron chi connectivity index (χ2n) is 24.3. The van der Waals surface area contributed by atoms with Crippen LogP contribution in [0.25, 0.3) is 108 Å². The van der Waals surface area contributed by atoms with Crippen LogP contribution in [0.2, 0.25) is 0 Å². The van der Waals surface area contributed by atoms with E-state index in [4.69, 9.17) is 0 Å². The maximum atomic E-state index is 2.49. The number of rotatable bonds is 2. The van der Waals surface area contributed by atoms with Crippen molar-refractivity contribution in [2.24, 2.45) is 0 Å². The molecule has 0 radical (unpaired) electrons. The third kappa shape index (κ3) is 7.87. The van der Waals surface area contributed by atoms with Gasteiger partial charge in [0, 0.05) is 0 Å². The maximum Gasteiger partial charge on any atom is -0.00260 e. The Morgan fingerprint density at radius 2 is 0.471 bits per heavy atom. The summed E-state index contributed by atoms with van der Waals surface area (Å²) in [5.41, 5.74) is 11.1. The Bertz CT molecular complexity index is 3580. The van der Waals surface area contributed by atoms with Crippen molar-refractivity contribution in [1.82, 2.24) is 0 Å². The second kappa shape index (κ2) is 16.3. The Morgan fingerprint density at radius 1 is 0.214 bits per heavy atom. The Morgan fingerprint density at radius 3 is 0.743 bits per heavy atom. The van der Waals surface area contributed by atoms with Gasteiger partial charge in [0.2, 0.25) is 0 Å². The van der Waals surface area contributed by atoms with E-state index in [1.54, 1.807) is 0 Å². The van der Waals surface area contributed by atoms with Gasteiger partial charge < -0.3 is 0 Å². The zero-order chi connectivity index (χ0) is 49.1. The van der Waals surface area contributed by atoms with Crippen molar-refractivity contribution in [2.75, 3.05) is 0 Å². The van der Waals surface area contributed by atoms with Crippen molar-refractivity contribution in [1.29, 1.82) is 0 Å². The highest BCUT2D eigenvalue weighted by atomic mass is 14.3. The van der Waals surface area contributed by atoms with Crippen molar-refractivity contribution in [3.05, 3.63) is 204 Å². The summed E-state index contributed by atoms with van der Waals surface area (Å²) in [5, 5.41) is 21.4. The van der Waals surface area contributed by atoms with Crippen LogP contribution in [0.3, 0.4) is 0 Å². The average molecular weight is 907 g/mol. The summed E-state index contributed by atoms with van der Waals surface area (Å²) >= 11 is 0. The van der Waals surface area contributed by atoms with E-state index < -0.39 is 0 Å². The number of hydrogen-bond donors (Lipinski definition) is 0. The zero-order valence-corrected chi connectivity index (χ0v) is 43.3. The van der Waals surface area contributed by atoms with Crippen molar-refractivity contribution in [2.45, 2.75) is 105 Å². The SMILES string of the molecule is CC(C)(C)c1cc2cc(C(C)(C)C)cc3c4cc(C(C)(C)C)cc5cc(C(C)(C)C)cc(c(c1)c23)c54.c1ccc2cc(-c3c4ccccc4c(-c4ccc5ccccc5c4)c4ccccc34)ccc2c1. The van der Waals surface area contributed by atoms with E-state index in [1.165, 1.54) is 131 Å². The average Bonchev–Trinajstić information content (AvgIpc) is 3.32. The molecule has 0 aliphatic carbocycles. The Hall–Kier alpha value is -7.02. The molecule has 0 saturated carbocycles. The standard InChI is InChI=1S/C36H44.C34H22/c1-33(2,3)23-13-21-14-24(34(4,5)6)19-29-30-20-26(36(10,11)12)16-22-15-25(35(7,8)9)18-28(32(22)30)27(17-23)31(21)29;1-3-11-25-21-27(19-17-23(25)9-1)33-29-13-5-7-15-31(29)34(32-16-8-6-14-30(32)33)28-20-18-24-10-2-4-12-26(24)22-28/h13-20H,1-12H3;1-22H. The van der Waals surface area contributed by atoms with Gasteiger partial charge >= 0.3 is 0 Å². The summed E-state index contributed by atoms with van der Waals surface area (Å²) < 4.78 is 0. The lowest BCUT2D eigenvalue weighted by atomic mass is 9.76. The summed E-state index contributed by atoms with van der Waals surface area (Å²) in [6.07, 6.45) is 0. The molecular formula is C70H66. The monoisotopic (exact) mass is 907 g/mol. The third-order valence-electron chi connectivity index (χ3n) is 15.2. The van der Waals surface area contributed by atoms with Crippen LogP contribution in [0.15, 0.2) is 182 Å². The molecule has 12 rings (SSSR count). The van der Waals surface area contributed by atoms with Crippen molar-refractivity contribution < 1.29 is 0 Å². The molecule has 0 heteroatoms. The van der Waals surface area contributed by atoms with Crippen LogP contribution in [-0.4, -0.2) is 0 Å². The predicted molar refractivity (Wildman–Crippen MR) is 310 cm³/mol. The molecule has 0 aromatic heterocycles. The first-order valence-corrected chi connectivity index (χ1v) is 25.4. The molecule has 0 bridgehead atoms. The summed E-state index contributed by atoms with van der Waals surface area (Å²) in [5.74, 6) is 0. The largest absolute Gasteiger partial charge is 0.0616 e. The van der Waals surface area contributed by atoms with E-state index >= 15 is 0 Å². The minimum absolute atomic E-state index is 0.0830. The van der Waals surface area contributed by atoms with Gasteiger partial charge in [0.1, 0.15) is 0 Å². The van der Waals surface area contributed by atoms with Gasteiger partial charge in [-0.05, 0) is 189 Å². The summed E-state index contributed by atoms with van der Waals surface area (Å²) in [6.45, 7) is 28.0. The maximum absolute atomic E-state index is 2.49. The van der Waals surface area contributed by atoms with Gasteiger partial charge in [-0.2, -0.15) is 0 Å². The minimum atomic E-state index is 0.0830. The molecule has 0 nitrogen and oxygen atoms in total. The molecule has 0 fully saturated rings. The van der Waals surface area contributed by atoms with E-state index in [-0.39, 0.29) is 21.7 Å². The van der Waals surface area contributed by atoms with Crippen LogP contribution in [0.5, 0.6) is 0 Å². The molecule has 346 valence electrons. The summed E-state index contributed by atoms with van der Waals surface area (Å²) in [7, 11) is 0. The normalized spacial score (nSPS) is 12.9. The number of fused-ring (bicyclic) bond motifs is 6. The molecule has 0 aliphatic heterocycles. The van der Waals surface area contributed by atoms with Gasteiger partial charge in [-0.25, -0.2) is 0 Å². The van der Waals surface area contributed by atoms with E-state index in [9.17, 15) is 0 Å². The first kappa shape index (κ1) is 45.4. The van der Waals surface area contributed by atoms with Crippen LogP contribution in [0.4, 0.5) is 0 Å². The third-order valence-corrected chi connectivity index (χ3v) is 15.2. The van der Waals surface area contributed by atoms with Crippen LogP contribution < -0.4 is 0 Å². The molecular weight excluding hydrogens is 841 g/mol. The van der Waals surface area contributed by atoms with Gasteiger partial charge in [0.15, 0.2) is 0 Å². The van der Waals surface area contributed by atoms with Crippen molar-refractivity contribution >= 4 is 86.2 Å². The fourth-order valence-corrected chi connectivity index (χ4v) is 11.1. The minimum Gasteiger partial charge on any atom is -0.0616 e. The first-order chi connectivity index (χ1) is 33.2. The lowest BCUT2D eigenvalue weighted by molar-refractivity contribution is 0.589. The quantitative estimate of drug-likeness (QED) is 0.120. The van der Waals surface area contributed by atoms with Crippen LogP contribution in [-0.2, 0) is 21.7 Å². The highest BCUT2D eigenvalue weighted by Crippen LogP contribution is 2.48. The molecule has 0 aliphatic rings. The van der Waals surface area contributed by atoms with Gasteiger partial charge in [-0.1, -0.05) is 229 Å². The van der Waals surface area contributed by atoms with E-state index in [0.717, 1.165) is 0 Å². The Kier molecular flexibility index (Phi) is 10.6. The lowest BCUT2D eigenvalue weighted by Crippen LogP contribution is -2.14. The van der Waals surface area contributed by atoms with Crippen LogP contribution >= 0.6 is 0 Å². The van der Waals surface area contributed by atoms with E-state index in [2.05, 4.69) is 265 Å². The van der Waals surface area contributed by atoms with Gasteiger partial charge in [0.25, 0.3) is 0 Å². The van der Waals surface area contributed by atoms with Gasteiger partial charge in [-0.3, -0.25) is 0 Å². The molecule has 0 spiro atoms. The highest BCUT2D eigenvalue weighted by Gasteiger charge is 2.26. The first-order valence-electron chi connectivity index (χ1n) is 25.4. The van der Waals surface area contributed by atoms with Crippen molar-refractivity contribution in [3.8, 4) is 22.3 Å². The molecule has 0 saturated heterocycles. The predicted octanol–water partition coefficient (Wildman–Crippen LogP) is 20.6. The Balaban J connectivity index is 0.000000153. The topological polar surface area (TPSA) is 0 Å². The van der Waals surface area contributed by atoms with Crippen LogP contribution in [0.1, 0.15) is 105 Å². The molecule has 12 aromatic carbocycles. The molecule has 0 atom stereocenters. The summed E-state index contributed by atoms with van der Waals surface area (Å²) in [4.78, 5) is 0. The van der Waals surface area contributed by atoms with Gasteiger partial charge in [-0.15, -0.1) is 0 Å². The second-order valence-corrected chi connectivity index (χ2v) is 24.3. The fraction of sp³-hybridized carbons (Fsp3) is 0.229.